The fourth-order valence-electron chi connectivity index (χ4n) is 2.63. The maximum absolute atomic E-state index is 12.3. The van der Waals surface area contributed by atoms with E-state index < -0.39 is 0 Å². The summed E-state index contributed by atoms with van der Waals surface area (Å²) in [5.41, 5.74) is 1.01. The van der Waals surface area contributed by atoms with Gasteiger partial charge in [-0.2, -0.15) is 0 Å². The molecular weight excluding hydrogens is 328 g/mol. The highest BCUT2D eigenvalue weighted by Gasteiger charge is 2.25. The summed E-state index contributed by atoms with van der Waals surface area (Å²) in [4.78, 5) is 22.2. The van der Waals surface area contributed by atoms with Gasteiger partial charge < -0.3 is 15.0 Å². The van der Waals surface area contributed by atoms with Crippen LogP contribution < -0.4 is 10.1 Å². The number of piperidine rings is 1. The van der Waals surface area contributed by atoms with Crippen molar-refractivity contribution in [2.24, 2.45) is 0 Å². The van der Waals surface area contributed by atoms with Crippen molar-refractivity contribution in [1.29, 1.82) is 0 Å². The number of amides is 2. The lowest BCUT2D eigenvalue weighted by molar-refractivity contribution is 0.0974. The predicted molar refractivity (Wildman–Crippen MR) is 90.9 cm³/mol. The molecule has 2 aromatic rings. The van der Waals surface area contributed by atoms with Crippen LogP contribution in [0.15, 0.2) is 42.9 Å². The Kier molecular flexibility index (Phi) is 5.48. The second-order valence-electron chi connectivity index (χ2n) is 5.66. The van der Waals surface area contributed by atoms with E-state index in [0.717, 1.165) is 24.9 Å². The minimum Gasteiger partial charge on any atom is -0.471 e. The van der Waals surface area contributed by atoms with Crippen molar-refractivity contribution in [3.05, 3.63) is 53.4 Å². The number of aromatic nitrogens is 2. The highest BCUT2D eigenvalue weighted by Crippen LogP contribution is 2.16. The molecule has 1 N–H and O–H groups in total. The van der Waals surface area contributed by atoms with E-state index in [1.54, 1.807) is 23.5 Å². The van der Waals surface area contributed by atoms with Crippen molar-refractivity contribution in [3.63, 3.8) is 0 Å². The van der Waals surface area contributed by atoms with Gasteiger partial charge in [0.25, 0.3) is 0 Å². The normalized spacial score (nSPS) is 17.4. The van der Waals surface area contributed by atoms with E-state index in [2.05, 4.69) is 15.3 Å². The lowest BCUT2D eigenvalue weighted by atomic mass is 10.1. The quantitative estimate of drug-likeness (QED) is 0.924. The number of ether oxygens (including phenoxy) is 1. The first-order chi connectivity index (χ1) is 11.7. The van der Waals surface area contributed by atoms with Gasteiger partial charge in [-0.1, -0.05) is 23.7 Å². The topological polar surface area (TPSA) is 67.4 Å². The Hall–Kier alpha value is -2.34. The monoisotopic (exact) mass is 346 g/mol. The fraction of sp³-hybridized carbons (Fsp3) is 0.353. The van der Waals surface area contributed by atoms with E-state index in [0.29, 0.717) is 24.0 Å². The van der Waals surface area contributed by atoms with Gasteiger partial charge in [0.2, 0.25) is 5.88 Å². The summed E-state index contributed by atoms with van der Waals surface area (Å²) in [5, 5.41) is 3.62. The smallest absolute Gasteiger partial charge is 0.317 e. The number of hydrogen-bond acceptors (Lipinski definition) is 4. The molecule has 1 atom stereocenters. The van der Waals surface area contributed by atoms with Gasteiger partial charge in [0, 0.05) is 30.5 Å². The molecule has 1 aliphatic heterocycles. The average molecular weight is 347 g/mol. The van der Waals surface area contributed by atoms with E-state index in [-0.39, 0.29) is 12.1 Å². The Morgan fingerprint density at radius 2 is 2.17 bits per heavy atom. The zero-order valence-electron chi connectivity index (χ0n) is 13.2. The van der Waals surface area contributed by atoms with Crippen LogP contribution in [0.5, 0.6) is 5.88 Å². The van der Waals surface area contributed by atoms with Crippen molar-refractivity contribution in [2.45, 2.75) is 25.5 Å². The summed E-state index contributed by atoms with van der Waals surface area (Å²) >= 11 is 5.86. The van der Waals surface area contributed by atoms with Crippen molar-refractivity contribution in [1.82, 2.24) is 20.2 Å². The molecule has 0 saturated carbocycles. The molecule has 126 valence electrons. The minimum atomic E-state index is -0.0857. The molecule has 1 fully saturated rings. The number of carbonyl (C=O) groups excluding carboxylic acids is 1. The van der Waals surface area contributed by atoms with Crippen LogP contribution in [0.4, 0.5) is 4.79 Å². The van der Waals surface area contributed by atoms with Crippen LogP contribution in [0.3, 0.4) is 0 Å². The number of likely N-dealkylation sites (tertiary alicyclic amines) is 1. The van der Waals surface area contributed by atoms with Gasteiger partial charge >= 0.3 is 6.03 Å². The SMILES string of the molecule is O=C(NCc1ccc(Cl)cc1)N1CCCC(Oc2cnccn2)C1. The van der Waals surface area contributed by atoms with Crippen LogP contribution in [0.2, 0.25) is 5.02 Å². The third-order valence-corrected chi connectivity index (χ3v) is 4.10. The van der Waals surface area contributed by atoms with Gasteiger partial charge in [-0.15, -0.1) is 0 Å². The number of nitrogens with zero attached hydrogens (tertiary/aromatic N) is 3. The lowest BCUT2D eigenvalue weighted by Gasteiger charge is -2.32. The van der Waals surface area contributed by atoms with Crippen LogP contribution in [-0.4, -0.2) is 40.1 Å². The first-order valence-corrected chi connectivity index (χ1v) is 8.28. The third kappa shape index (κ3) is 4.58. The highest BCUT2D eigenvalue weighted by molar-refractivity contribution is 6.30. The van der Waals surface area contributed by atoms with Gasteiger partial charge in [0.05, 0.1) is 12.7 Å². The molecule has 1 aromatic carbocycles. The van der Waals surface area contributed by atoms with Gasteiger partial charge in [0.15, 0.2) is 0 Å². The largest absolute Gasteiger partial charge is 0.471 e. The van der Waals surface area contributed by atoms with Crippen molar-refractivity contribution >= 4 is 17.6 Å². The Morgan fingerprint density at radius 1 is 1.33 bits per heavy atom. The molecule has 1 saturated heterocycles. The fourth-order valence-corrected chi connectivity index (χ4v) is 2.75. The minimum absolute atomic E-state index is 0.0586. The van der Waals surface area contributed by atoms with Gasteiger partial charge in [-0.05, 0) is 30.5 Å². The average Bonchev–Trinajstić information content (AvgIpc) is 2.62. The van der Waals surface area contributed by atoms with E-state index in [9.17, 15) is 4.79 Å². The number of benzene rings is 1. The summed E-state index contributed by atoms with van der Waals surface area (Å²) in [6.45, 7) is 1.75. The summed E-state index contributed by atoms with van der Waals surface area (Å²) in [6.07, 6.45) is 6.52. The van der Waals surface area contributed by atoms with E-state index in [1.807, 2.05) is 24.3 Å². The summed E-state index contributed by atoms with van der Waals surface area (Å²) in [7, 11) is 0. The molecule has 0 spiro atoms. The molecule has 0 bridgehead atoms. The number of nitrogens with one attached hydrogen (secondary N) is 1. The van der Waals surface area contributed by atoms with Crippen LogP contribution in [0.25, 0.3) is 0 Å². The molecule has 1 aliphatic rings. The zero-order chi connectivity index (χ0) is 16.8. The molecule has 0 aliphatic carbocycles. The van der Waals surface area contributed by atoms with E-state index in [4.69, 9.17) is 16.3 Å². The number of hydrogen-bond donors (Lipinski definition) is 1. The molecule has 24 heavy (non-hydrogen) atoms. The molecule has 6 nitrogen and oxygen atoms in total. The number of rotatable bonds is 4. The second-order valence-corrected chi connectivity index (χ2v) is 6.09. The summed E-state index contributed by atoms with van der Waals surface area (Å²) in [5.74, 6) is 0.492. The highest BCUT2D eigenvalue weighted by atomic mass is 35.5. The van der Waals surface area contributed by atoms with Crippen LogP contribution in [0, 0.1) is 0 Å². The predicted octanol–water partition coefficient (Wildman–Crippen LogP) is 2.88. The Bertz CT molecular complexity index is 666. The maximum atomic E-state index is 12.3. The number of urea groups is 1. The van der Waals surface area contributed by atoms with E-state index in [1.165, 1.54) is 0 Å². The van der Waals surface area contributed by atoms with Crippen LogP contribution in [-0.2, 0) is 6.54 Å². The second kappa shape index (κ2) is 7.97. The lowest BCUT2D eigenvalue weighted by Crippen LogP contribution is -2.48. The Morgan fingerprint density at radius 3 is 2.92 bits per heavy atom. The summed E-state index contributed by atoms with van der Waals surface area (Å²) in [6, 6.07) is 7.35. The first-order valence-electron chi connectivity index (χ1n) is 7.90. The standard InChI is InChI=1S/C17H19ClN4O2/c18-14-5-3-13(4-6-14)10-21-17(23)22-9-1-2-15(12-22)24-16-11-19-7-8-20-16/h3-8,11,15H,1-2,9-10,12H2,(H,21,23). The van der Waals surface area contributed by atoms with Gasteiger partial charge in [0.1, 0.15) is 6.10 Å². The molecule has 3 rings (SSSR count). The zero-order valence-corrected chi connectivity index (χ0v) is 13.9. The third-order valence-electron chi connectivity index (χ3n) is 3.85. The molecule has 2 heterocycles. The van der Waals surface area contributed by atoms with Crippen LogP contribution in [0.1, 0.15) is 18.4 Å². The Labute approximate surface area is 145 Å². The molecule has 2 amide bonds. The molecule has 0 radical (unpaired) electrons. The van der Waals surface area contributed by atoms with Gasteiger partial charge in [-0.3, -0.25) is 4.98 Å². The number of halogens is 1. The molecule has 1 unspecified atom stereocenters. The van der Waals surface area contributed by atoms with Crippen molar-refractivity contribution in [2.75, 3.05) is 13.1 Å². The first kappa shape index (κ1) is 16.5. The number of carbonyl (C=O) groups is 1. The maximum Gasteiger partial charge on any atom is 0.317 e. The van der Waals surface area contributed by atoms with Crippen molar-refractivity contribution in [3.8, 4) is 5.88 Å². The molecule has 7 heteroatoms. The Balaban J connectivity index is 1.50. The van der Waals surface area contributed by atoms with Gasteiger partial charge in [-0.25, -0.2) is 9.78 Å². The van der Waals surface area contributed by atoms with Crippen molar-refractivity contribution < 1.29 is 9.53 Å². The van der Waals surface area contributed by atoms with E-state index >= 15 is 0 Å². The van der Waals surface area contributed by atoms with Crippen LogP contribution >= 0.6 is 11.6 Å². The molecule has 1 aromatic heterocycles. The molecular formula is C17H19ClN4O2. The summed E-state index contributed by atoms with van der Waals surface area (Å²) < 4.78 is 5.80.